The van der Waals surface area contributed by atoms with Gasteiger partial charge in [-0.1, -0.05) is 6.07 Å². The summed E-state index contributed by atoms with van der Waals surface area (Å²) >= 11 is 0. The number of likely N-dealkylation sites (N-methyl/N-ethyl adjacent to an activating group) is 1. The SMILES string of the molecule is CN1CCN(c2cccc(F)c2)C(=O)C1CCO. The maximum atomic E-state index is 13.2. The normalized spacial score (nSPS) is 21.4. The van der Waals surface area contributed by atoms with E-state index in [0.717, 1.165) is 0 Å². The highest BCUT2D eigenvalue weighted by atomic mass is 19.1. The fourth-order valence-corrected chi connectivity index (χ4v) is 2.26. The Morgan fingerprint density at radius 3 is 2.89 bits per heavy atom. The van der Waals surface area contributed by atoms with Crippen LogP contribution < -0.4 is 4.90 Å². The number of amides is 1. The number of aliphatic hydroxyl groups is 1. The number of anilines is 1. The van der Waals surface area contributed by atoms with Gasteiger partial charge in [-0.15, -0.1) is 0 Å². The van der Waals surface area contributed by atoms with Gasteiger partial charge in [0.15, 0.2) is 0 Å². The third-order valence-electron chi connectivity index (χ3n) is 3.28. The first-order chi connectivity index (χ1) is 8.63. The minimum Gasteiger partial charge on any atom is -0.396 e. The lowest BCUT2D eigenvalue weighted by Crippen LogP contribution is -2.56. The number of carbonyl (C=O) groups is 1. The van der Waals surface area contributed by atoms with Gasteiger partial charge in [-0.25, -0.2) is 4.39 Å². The van der Waals surface area contributed by atoms with Gasteiger partial charge in [-0.05, 0) is 31.7 Å². The van der Waals surface area contributed by atoms with Crippen LogP contribution in [0.25, 0.3) is 0 Å². The number of aliphatic hydroxyl groups excluding tert-OH is 1. The molecule has 1 heterocycles. The molecule has 1 atom stereocenters. The summed E-state index contributed by atoms with van der Waals surface area (Å²) in [6.07, 6.45) is 0.404. The van der Waals surface area contributed by atoms with Crippen molar-refractivity contribution in [2.24, 2.45) is 0 Å². The summed E-state index contributed by atoms with van der Waals surface area (Å²) in [5.41, 5.74) is 0.580. The number of nitrogens with zero attached hydrogens (tertiary/aromatic N) is 2. The Kier molecular flexibility index (Phi) is 3.93. The molecule has 98 valence electrons. The lowest BCUT2D eigenvalue weighted by Gasteiger charge is -2.38. The summed E-state index contributed by atoms with van der Waals surface area (Å²) in [6, 6.07) is 5.71. The van der Waals surface area contributed by atoms with Crippen LogP contribution in [0.5, 0.6) is 0 Å². The van der Waals surface area contributed by atoms with Crippen molar-refractivity contribution in [3.63, 3.8) is 0 Å². The highest BCUT2D eigenvalue weighted by Crippen LogP contribution is 2.21. The van der Waals surface area contributed by atoms with Gasteiger partial charge in [0, 0.05) is 25.4 Å². The molecule has 0 aromatic heterocycles. The van der Waals surface area contributed by atoms with E-state index in [0.29, 0.717) is 25.2 Å². The molecule has 1 saturated heterocycles. The van der Waals surface area contributed by atoms with Gasteiger partial charge in [-0.3, -0.25) is 9.69 Å². The Hall–Kier alpha value is -1.46. The number of benzene rings is 1. The Morgan fingerprint density at radius 2 is 2.22 bits per heavy atom. The average Bonchev–Trinajstić information content (AvgIpc) is 2.34. The fraction of sp³-hybridized carbons (Fsp3) is 0.462. The van der Waals surface area contributed by atoms with Gasteiger partial charge in [0.1, 0.15) is 5.82 Å². The quantitative estimate of drug-likeness (QED) is 0.867. The fourth-order valence-electron chi connectivity index (χ4n) is 2.26. The van der Waals surface area contributed by atoms with Crippen LogP contribution in [0, 0.1) is 5.82 Å². The number of piperazine rings is 1. The van der Waals surface area contributed by atoms with E-state index in [1.54, 1.807) is 17.0 Å². The first kappa shape index (κ1) is 13.0. The predicted octanol–water partition coefficient (Wildman–Crippen LogP) is 0.855. The first-order valence-electron chi connectivity index (χ1n) is 6.01. The number of halogens is 1. The molecule has 4 nitrogen and oxygen atoms in total. The van der Waals surface area contributed by atoms with Crippen LogP contribution in [0.4, 0.5) is 10.1 Å². The first-order valence-corrected chi connectivity index (χ1v) is 6.01. The van der Waals surface area contributed by atoms with Crippen LogP contribution in [0.2, 0.25) is 0 Å². The Labute approximate surface area is 106 Å². The molecule has 0 bridgehead atoms. The summed E-state index contributed by atoms with van der Waals surface area (Å²) in [7, 11) is 1.86. The van der Waals surface area contributed by atoms with E-state index in [2.05, 4.69) is 0 Å². The Bertz CT molecular complexity index is 439. The van der Waals surface area contributed by atoms with Crippen LogP contribution >= 0.6 is 0 Å². The number of carbonyl (C=O) groups excluding carboxylic acids is 1. The molecule has 1 aromatic carbocycles. The number of hydrogen-bond donors (Lipinski definition) is 1. The lowest BCUT2D eigenvalue weighted by atomic mass is 10.1. The van der Waals surface area contributed by atoms with E-state index in [-0.39, 0.29) is 24.4 Å². The van der Waals surface area contributed by atoms with Gasteiger partial charge in [-0.2, -0.15) is 0 Å². The van der Waals surface area contributed by atoms with E-state index in [4.69, 9.17) is 5.11 Å². The largest absolute Gasteiger partial charge is 0.396 e. The zero-order valence-electron chi connectivity index (χ0n) is 10.3. The topological polar surface area (TPSA) is 43.8 Å². The molecule has 1 unspecified atom stereocenters. The molecule has 1 N–H and O–H groups in total. The molecule has 1 amide bonds. The highest BCUT2D eigenvalue weighted by molar-refractivity contribution is 5.97. The van der Waals surface area contributed by atoms with Gasteiger partial charge in [0.05, 0.1) is 6.04 Å². The molecule has 1 aliphatic heterocycles. The van der Waals surface area contributed by atoms with E-state index in [1.165, 1.54) is 12.1 Å². The molecule has 0 spiro atoms. The van der Waals surface area contributed by atoms with E-state index in [1.807, 2.05) is 11.9 Å². The Morgan fingerprint density at radius 1 is 1.44 bits per heavy atom. The van der Waals surface area contributed by atoms with Crippen molar-refractivity contribution in [1.29, 1.82) is 0 Å². The van der Waals surface area contributed by atoms with Gasteiger partial charge < -0.3 is 10.0 Å². The minimum atomic E-state index is -0.349. The molecular weight excluding hydrogens is 235 g/mol. The minimum absolute atomic E-state index is 0.0300. The molecule has 5 heteroatoms. The molecule has 2 rings (SSSR count). The molecule has 1 fully saturated rings. The molecule has 0 aliphatic carbocycles. The monoisotopic (exact) mass is 252 g/mol. The van der Waals surface area contributed by atoms with Crippen molar-refractivity contribution in [2.75, 3.05) is 31.6 Å². The van der Waals surface area contributed by atoms with Crippen LogP contribution in [0.3, 0.4) is 0 Å². The second kappa shape index (κ2) is 5.46. The molecule has 1 aromatic rings. The third kappa shape index (κ3) is 2.52. The highest BCUT2D eigenvalue weighted by Gasteiger charge is 2.32. The zero-order chi connectivity index (χ0) is 13.1. The summed E-state index contributed by atoms with van der Waals surface area (Å²) in [6.45, 7) is 1.23. The van der Waals surface area contributed by atoms with Crippen LogP contribution in [-0.2, 0) is 4.79 Å². The summed E-state index contributed by atoms with van der Waals surface area (Å²) < 4.78 is 13.2. The summed E-state index contributed by atoms with van der Waals surface area (Å²) in [5.74, 6) is -0.429. The summed E-state index contributed by atoms with van der Waals surface area (Å²) in [5, 5.41) is 9.00. The van der Waals surface area contributed by atoms with Crippen molar-refractivity contribution in [1.82, 2.24) is 4.90 Å². The van der Waals surface area contributed by atoms with Crippen molar-refractivity contribution >= 4 is 11.6 Å². The standard InChI is InChI=1S/C13H17FN2O2/c1-15-6-7-16(13(18)12(15)5-8-17)11-4-2-3-10(14)9-11/h2-4,9,12,17H,5-8H2,1H3. The number of hydrogen-bond acceptors (Lipinski definition) is 3. The van der Waals surface area contributed by atoms with Crippen molar-refractivity contribution in [2.45, 2.75) is 12.5 Å². The molecule has 0 saturated carbocycles. The van der Waals surface area contributed by atoms with Gasteiger partial charge in [0.25, 0.3) is 0 Å². The van der Waals surface area contributed by atoms with Gasteiger partial charge in [0.2, 0.25) is 5.91 Å². The van der Waals surface area contributed by atoms with E-state index < -0.39 is 0 Å². The molecule has 1 aliphatic rings. The zero-order valence-corrected chi connectivity index (χ0v) is 10.3. The second-order valence-electron chi connectivity index (χ2n) is 4.48. The molecule has 0 radical (unpaired) electrons. The van der Waals surface area contributed by atoms with Gasteiger partial charge >= 0.3 is 0 Å². The van der Waals surface area contributed by atoms with Crippen molar-refractivity contribution < 1.29 is 14.3 Å². The average molecular weight is 252 g/mol. The van der Waals surface area contributed by atoms with Crippen LogP contribution in [-0.4, -0.2) is 48.7 Å². The molecular formula is C13H17FN2O2. The van der Waals surface area contributed by atoms with Crippen molar-refractivity contribution in [3.05, 3.63) is 30.1 Å². The lowest BCUT2D eigenvalue weighted by molar-refractivity contribution is -0.125. The van der Waals surface area contributed by atoms with Crippen LogP contribution in [0.15, 0.2) is 24.3 Å². The molecule has 18 heavy (non-hydrogen) atoms. The number of rotatable bonds is 3. The summed E-state index contributed by atoms with van der Waals surface area (Å²) in [4.78, 5) is 15.8. The predicted molar refractivity (Wildman–Crippen MR) is 66.9 cm³/mol. The Balaban J connectivity index is 2.21. The van der Waals surface area contributed by atoms with Crippen molar-refractivity contribution in [3.8, 4) is 0 Å². The third-order valence-corrected chi connectivity index (χ3v) is 3.28. The van der Waals surface area contributed by atoms with E-state index in [9.17, 15) is 9.18 Å². The van der Waals surface area contributed by atoms with E-state index >= 15 is 0 Å². The van der Waals surface area contributed by atoms with Crippen LogP contribution in [0.1, 0.15) is 6.42 Å². The second-order valence-corrected chi connectivity index (χ2v) is 4.48. The smallest absolute Gasteiger partial charge is 0.244 e. The maximum absolute atomic E-state index is 13.2. The maximum Gasteiger partial charge on any atom is 0.244 e.